The molecule has 1 saturated heterocycles. The van der Waals surface area contributed by atoms with Gasteiger partial charge in [0, 0.05) is 13.7 Å². The van der Waals surface area contributed by atoms with E-state index < -0.39 is 0 Å². The van der Waals surface area contributed by atoms with Crippen molar-refractivity contribution in [3.63, 3.8) is 0 Å². The summed E-state index contributed by atoms with van der Waals surface area (Å²) in [5.41, 5.74) is 7.08. The molecule has 15 heavy (non-hydrogen) atoms. The van der Waals surface area contributed by atoms with Gasteiger partial charge in [0.25, 0.3) is 0 Å². The third-order valence-electron chi connectivity index (χ3n) is 2.94. The molecule has 1 aliphatic rings. The summed E-state index contributed by atoms with van der Waals surface area (Å²) in [5, 5.41) is 7.85. The molecule has 0 amide bonds. The van der Waals surface area contributed by atoms with E-state index in [2.05, 4.69) is 33.2 Å². The van der Waals surface area contributed by atoms with Gasteiger partial charge in [-0.05, 0) is 28.3 Å². The lowest BCUT2D eigenvalue weighted by Crippen LogP contribution is -2.31. The lowest BCUT2D eigenvalue weighted by Gasteiger charge is -2.22. The molecule has 0 radical (unpaired) electrons. The maximum atomic E-state index is 6.18. The Hall–Kier alpha value is -0.460. The molecule has 3 atom stereocenters. The fourth-order valence-corrected chi connectivity index (χ4v) is 2.62. The Morgan fingerprint density at radius 3 is 2.87 bits per heavy atom. The number of nitrogens with zero attached hydrogens (tertiary/aromatic N) is 3. The van der Waals surface area contributed by atoms with Crippen LogP contribution in [0.3, 0.4) is 0 Å². The SMILES string of the molecule is CC1CCOC1C(N)c1c(Br)nnn1C. The molecule has 1 fully saturated rings. The van der Waals surface area contributed by atoms with E-state index in [1.165, 1.54) is 0 Å². The van der Waals surface area contributed by atoms with Crippen LogP contribution in [0.25, 0.3) is 0 Å². The van der Waals surface area contributed by atoms with E-state index in [0.717, 1.165) is 18.7 Å². The number of hydrogen-bond acceptors (Lipinski definition) is 4. The van der Waals surface area contributed by atoms with Crippen molar-refractivity contribution in [3.05, 3.63) is 10.3 Å². The molecule has 1 aliphatic heterocycles. The second-order valence-electron chi connectivity index (χ2n) is 4.02. The molecule has 0 saturated carbocycles. The summed E-state index contributed by atoms with van der Waals surface area (Å²) < 4.78 is 8.05. The summed E-state index contributed by atoms with van der Waals surface area (Å²) >= 11 is 3.35. The molecular formula is C9H15BrN4O. The maximum Gasteiger partial charge on any atom is 0.153 e. The van der Waals surface area contributed by atoms with Gasteiger partial charge in [-0.3, -0.25) is 0 Å². The van der Waals surface area contributed by atoms with Crippen molar-refractivity contribution in [3.8, 4) is 0 Å². The predicted octanol–water partition coefficient (Wildman–Crippen LogP) is 1.00. The molecule has 84 valence electrons. The zero-order valence-electron chi connectivity index (χ0n) is 8.85. The fourth-order valence-electron chi connectivity index (χ4n) is 2.02. The van der Waals surface area contributed by atoms with Gasteiger partial charge in [-0.1, -0.05) is 12.1 Å². The van der Waals surface area contributed by atoms with Crippen molar-refractivity contribution >= 4 is 15.9 Å². The normalized spacial score (nSPS) is 28.3. The first-order valence-corrected chi connectivity index (χ1v) is 5.83. The standard InChI is InChI=1S/C9H15BrN4O/c1-5-3-4-15-8(5)6(11)7-9(10)12-13-14(7)2/h5-6,8H,3-4,11H2,1-2H3. The number of nitrogens with two attached hydrogens (primary N) is 1. The van der Waals surface area contributed by atoms with Gasteiger partial charge >= 0.3 is 0 Å². The minimum atomic E-state index is -0.170. The fraction of sp³-hybridized carbons (Fsp3) is 0.778. The third-order valence-corrected chi connectivity index (χ3v) is 3.51. The van der Waals surface area contributed by atoms with Gasteiger partial charge in [-0.15, -0.1) is 5.10 Å². The summed E-state index contributed by atoms with van der Waals surface area (Å²) in [7, 11) is 1.84. The van der Waals surface area contributed by atoms with Crippen molar-refractivity contribution in [2.75, 3.05) is 6.61 Å². The van der Waals surface area contributed by atoms with E-state index in [1.807, 2.05) is 7.05 Å². The number of aryl methyl sites for hydroxylation is 1. The summed E-state index contributed by atoms with van der Waals surface area (Å²) in [5.74, 6) is 0.488. The average Bonchev–Trinajstić information content (AvgIpc) is 2.73. The number of hydrogen-bond donors (Lipinski definition) is 1. The number of aromatic nitrogens is 3. The van der Waals surface area contributed by atoms with Crippen LogP contribution in [0.4, 0.5) is 0 Å². The highest BCUT2D eigenvalue weighted by Crippen LogP contribution is 2.31. The van der Waals surface area contributed by atoms with Gasteiger partial charge in [0.15, 0.2) is 4.60 Å². The van der Waals surface area contributed by atoms with E-state index in [1.54, 1.807) is 4.68 Å². The second-order valence-corrected chi connectivity index (χ2v) is 4.77. The van der Waals surface area contributed by atoms with Crippen LogP contribution in [0, 0.1) is 5.92 Å². The van der Waals surface area contributed by atoms with Gasteiger partial charge in [0.2, 0.25) is 0 Å². The lowest BCUT2D eigenvalue weighted by molar-refractivity contribution is 0.0701. The maximum absolute atomic E-state index is 6.18. The third kappa shape index (κ3) is 1.93. The molecule has 5 nitrogen and oxygen atoms in total. The Bertz CT molecular complexity index is 334. The number of halogens is 1. The summed E-state index contributed by atoms with van der Waals surface area (Å²) in [4.78, 5) is 0. The lowest BCUT2D eigenvalue weighted by atomic mass is 9.96. The monoisotopic (exact) mass is 274 g/mol. The van der Waals surface area contributed by atoms with Crippen LogP contribution >= 0.6 is 15.9 Å². The summed E-state index contributed by atoms with van der Waals surface area (Å²) in [6.07, 6.45) is 1.14. The molecule has 1 aromatic rings. The van der Waals surface area contributed by atoms with E-state index >= 15 is 0 Å². The van der Waals surface area contributed by atoms with Gasteiger partial charge in [-0.25, -0.2) is 4.68 Å². The van der Waals surface area contributed by atoms with E-state index in [9.17, 15) is 0 Å². The molecule has 1 aromatic heterocycles. The van der Waals surface area contributed by atoms with Crippen LogP contribution in [0.5, 0.6) is 0 Å². The zero-order valence-corrected chi connectivity index (χ0v) is 10.4. The molecule has 2 heterocycles. The molecule has 3 unspecified atom stereocenters. The van der Waals surface area contributed by atoms with Crippen LogP contribution in [-0.4, -0.2) is 27.7 Å². The molecule has 0 spiro atoms. The van der Waals surface area contributed by atoms with Gasteiger partial charge in [0.1, 0.15) is 0 Å². The topological polar surface area (TPSA) is 66.0 Å². The number of ether oxygens (including phenoxy) is 1. The Morgan fingerprint density at radius 2 is 2.40 bits per heavy atom. The van der Waals surface area contributed by atoms with Gasteiger partial charge in [0.05, 0.1) is 17.8 Å². The predicted molar refractivity (Wildman–Crippen MR) is 59.2 cm³/mol. The highest BCUT2D eigenvalue weighted by atomic mass is 79.9. The quantitative estimate of drug-likeness (QED) is 0.874. The first kappa shape index (κ1) is 11.0. The van der Waals surface area contributed by atoms with Crippen molar-refractivity contribution < 1.29 is 4.74 Å². The first-order valence-electron chi connectivity index (χ1n) is 5.03. The summed E-state index contributed by atoms with van der Waals surface area (Å²) in [6.45, 7) is 2.96. The molecule has 6 heteroatoms. The molecule has 0 bridgehead atoms. The minimum absolute atomic E-state index is 0.0681. The summed E-state index contributed by atoms with van der Waals surface area (Å²) in [6, 6.07) is -0.170. The van der Waals surface area contributed by atoms with Crippen molar-refractivity contribution in [1.82, 2.24) is 15.0 Å². The van der Waals surface area contributed by atoms with Crippen LogP contribution in [-0.2, 0) is 11.8 Å². The van der Waals surface area contributed by atoms with Crippen LogP contribution in [0.1, 0.15) is 25.1 Å². The molecular weight excluding hydrogens is 260 g/mol. The highest BCUT2D eigenvalue weighted by molar-refractivity contribution is 9.10. The smallest absolute Gasteiger partial charge is 0.153 e. The highest BCUT2D eigenvalue weighted by Gasteiger charge is 2.33. The Morgan fingerprint density at radius 1 is 1.67 bits per heavy atom. The average molecular weight is 275 g/mol. The second kappa shape index (κ2) is 4.19. The van der Waals surface area contributed by atoms with Crippen molar-refractivity contribution in [2.45, 2.75) is 25.5 Å². The molecule has 0 aromatic carbocycles. The van der Waals surface area contributed by atoms with Crippen LogP contribution in [0.2, 0.25) is 0 Å². The van der Waals surface area contributed by atoms with Crippen LogP contribution in [0.15, 0.2) is 4.60 Å². The van der Waals surface area contributed by atoms with E-state index in [-0.39, 0.29) is 12.1 Å². The molecule has 0 aliphatic carbocycles. The Labute approximate surface area is 97.1 Å². The Balaban J connectivity index is 2.23. The molecule has 2 rings (SSSR count). The minimum Gasteiger partial charge on any atom is -0.376 e. The number of rotatable bonds is 2. The van der Waals surface area contributed by atoms with E-state index in [0.29, 0.717) is 10.5 Å². The van der Waals surface area contributed by atoms with Crippen molar-refractivity contribution in [2.24, 2.45) is 18.7 Å². The van der Waals surface area contributed by atoms with Gasteiger partial charge < -0.3 is 10.5 Å². The largest absolute Gasteiger partial charge is 0.376 e. The van der Waals surface area contributed by atoms with Crippen molar-refractivity contribution in [1.29, 1.82) is 0 Å². The Kier molecular flexibility index (Phi) is 3.08. The zero-order chi connectivity index (χ0) is 11.0. The van der Waals surface area contributed by atoms with Gasteiger partial charge in [-0.2, -0.15) is 0 Å². The first-order chi connectivity index (χ1) is 7.11. The van der Waals surface area contributed by atoms with Crippen LogP contribution < -0.4 is 5.73 Å². The molecule has 2 N–H and O–H groups in total. The van der Waals surface area contributed by atoms with E-state index in [4.69, 9.17) is 10.5 Å².